The fraction of sp³-hybridized carbons (Fsp3) is 0.261. The molecule has 3 aromatic carbocycles. The van der Waals surface area contributed by atoms with Crippen molar-refractivity contribution in [3.8, 4) is 6.07 Å². The van der Waals surface area contributed by atoms with E-state index in [-0.39, 0.29) is 0 Å². The molecule has 5 heteroatoms. The Morgan fingerprint density at radius 3 is 2.46 bits per heavy atom. The van der Waals surface area contributed by atoms with Crippen LogP contribution in [0.3, 0.4) is 0 Å². The van der Waals surface area contributed by atoms with Crippen molar-refractivity contribution in [1.82, 2.24) is 5.01 Å². The van der Waals surface area contributed by atoms with E-state index in [1.165, 1.54) is 17.7 Å². The average Bonchev–Trinajstić information content (AvgIpc) is 2.74. The van der Waals surface area contributed by atoms with Crippen molar-refractivity contribution >= 4 is 39.7 Å². The molecule has 3 aromatic rings. The van der Waals surface area contributed by atoms with Gasteiger partial charge >= 0.3 is 0 Å². The van der Waals surface area contributed by atoms with E-state index in [0.29, 0.717) is 10.0 Å². The van der Waals surface area contributed by atoms with Gasteiger partial charge in [0.2, 0.25) is 0 Å². The quantitative estimate of drug-likeness (QED) is 0.522. The molecule has 1 fully saturated rings. The highest BCUT2D eigenvalue weighted by molar-refractivity contribution is 6.42. The number of hydrogen-bond acceptors (Lipinski definition) is 3. The van der Waals surface area contributed by atoms with Gasteiger partial charge in [0.05, 0.1) is 27.4 Å². The van der Waals surface area contributed by atoms with Crippen molar-refractivity contribution in [2.75, 3.05) is 24.6 Å². The molecule has 4 rings (SSSR count). The van der Waals surface area contributed by atoms with Gasteiger partial charge in [0.1, 0.15) is 0 Å². The molecular weight excluding hydrogens is 389 g/mol. The minimum Gasteiger partial charge on any atom is -0.305 e. The van der Waals surface area contributed by atoms with E-state index in [1.54, 1.807) is 0 Å². The fourth-order valence-corrected chi connectivity index (χ4v) is 4.20. The second kappa shape index (κ2) is 8.41. The second-order valence-electron chi connectivity index (χ2n) is 7.07. The Hall–Kier alpha value is -2.25. The van der Waals surface area contributed by atoms with Gasteiger partial charge in [-0.15, -0.1) is 0 Å². The molecule has 1 aliphatic rings. The number of halogens is 2. The van der Waals surface area contributed by atoms with Crippen molar-refractivity contribution in [2.45, 2.75) is 19.3 Å². The van der Waals surface area contributed by atoms with E-state index >= 15 is 0 Å². The third-order valence-electron chi connectivity index (χ3n) is 5.32. The molecule has 28 heavy (non-hydrogen) atoms. The summed E-state index contributed by atoms with van der Waals surface area (Å²) in [7, 11) is 0. The Labute approximate surface area is 175 Å². The monoisotopic (exact) mass is 409 g/mol. The van der Waals surface area contributed by atoms with Crippen molar-refractivity contribution in [1.29, 1.82) is 5.26 Å². The number of anilines is 1. The molecule has 1 aliphatic heterocycles. The third kappa shape index (κ3) is 3.82. The minimum atomic E-state index is 0.592. The van der Waals surface area contributed by atoms with Gasteiger partial charge in [0, 0.05) is 30.4 Å². The molecule has 142 valence electrons. The van der Waals surface area contributed by atoms with Gasteiger partial charge in [-0.25, -0.2) is 5.01 Å². The summed E-state index contributed by atoms with van der Waals surface area (Å²) < 4.78 is 0. The molecule has 0 amide bonds. The lowest BCUT2D eigenvalue weighted by Crippen LogP contribution is -2.48. The van der Waals surface area contributed by atoms with Crippen LogP contribution in [0.25, 0.3) is 10.8 Å². The van der Waals surface area contributed by atoms with Crippen LogP contribution in [-0.2, 0) is 6.42 Å². The molecule has 0 saturated carbocycles. The molecule has 0 spiro atoms. The molecule has 0 aliphatic carbocycles. The summed E-state index contributed by atoms with van der Waals surface area (Å²) in [5.41, 5.74) is 3.08. The number of hydrogen-bond donors (Lipinski definition) is 0. The van der Waals surface area contributed by atoms with Crippen molar-refractivity contribution in [3.63, 3.8) is 0 Å². The highest BCUT2D eigenvalue weighted by atomic mass is 35.5. The van der Waals surface area contributed by atoms with Gasteiger partial charge < -0.3 is 5.01 Å². The maximum Gasteiger partial charge on any atom is 0.0998 e. The minimum absolute atomic E-state index is 0.592. The van der Waals surface area contributed by atoms with Crippen molar-refractivity contribution < 1.29 is 0 Å². The Morgan fingerprint density at radius 2 is 1.68 bits per heavy atom. The second-order valence-corrected chi connectivity index (χ2v) is 7.89. The van der Waals surface area contributed by atoms with Gasteiger partial charge in [0.25, 0.3) is 0 Å². The van der Waals surface area contributed by atoms with E-state index < -0.39 is 0 Å². The highest BCUT2D eigenvalue weighted by Gasteiger charge is 2.22. The van der Waals surface area contributed by atoms with Crippen LogP contribution >= 0.6 is 23.2 Å². The van der Waals surface area contributed by atoms with E-state index in [9.17, 15) is 5.26 Å². The topological polar surface area (TPSA) is 30.3 Å². The maximum atomic E-state index is 9.45. The molecule has 0 atom stereocenters. The van der Waals surface area contributed by atoms with Crippen molar-refractivity contribution in [2.24, 2.45) is 0 Å². The Morgan fingerprint density at radius 1 is 0.893 bits per heavy atom. The zero-order valence-corrected chi connectivity index (χ0v) is 17.0. The van der Waals surface area contributed by atoms with Gasteiger partial charge in [-0.05, 0) is 49.1 Å². The first-order valence-corrected chi connectivity index (χ1v) is 10.3. The van der Waals surface area contributed by atoms with Crippen LogP contribution in [0.4, 0.5) is 5.69 Å². The summed E-state index contributed by atoms with van der Waals surface area (Å²) in [6.07, 6.45) is 3.26. The first-order valence-electron chi connectivity index (χ1n) is 9.55. The summed E-state index contributed by atoms with van der Waals surface area (Å²) in [4.78, 5) is 0. The normalized spacial score (nSPS) is 15.0. The van der Waals surface area contributed by atoms with Crippen LogP contribution in [0.1, 0.15) is 24.0 Å². The van der Waals surface area contributed by atoms with Crippen LogP contribution in [0.15, 0.2) is 54.6 Å². The third-order valence-corrected chi connectivity index (χ3v) is 6.06. The maximum absolute atomic E-state index is 9.45. The number of hydrazine groups is 1. The van der Waals surface area contributed by atoms with Crippen LogP contribution in [0.2, 0.25) is 10.0 Å². The first-order chi connectivity index (χ1) is 13.7. The summed E-state index contributed by atoms with van der Waals surface area (Å²) in [5, 5.41) is 17.6. The van der Waals surface area contributed by atoms with E-state index in [2.05, 4.69) is 28.2 Å². The Balaban J connectivity index is 1.62. The van der Waals surface area contributed by atoms with Crippen LogP contribution in [0.5, 0.6) is 0 Å². The largest absolute Gasteiger partial charge is 0.305 e. The summed E-state index contributed by atoms with van der Waals surface area (Å²) in [5.74, 6) is 0. The predicted octanol–water partition coefficient (Wildman–Crippen LogP) is 6.08. The summed E-state index contributed by atoms with van der Waals surface area (Å²) in [6, 6.07) is 20.4. The molecule has 3 nitrogen and oxygen atoms in total. The first kappa shape index (κ1) is 19.1. The molecule has 0 aromatic heterocycles. The molecule has 0 N–H and O–H groups in total. The lowest BCUT2D eigenvalue weighted by atomic mass is 10.0. The molecular formula is C23H21Cl2N3. The Kier molecular flexibility index (Phi) is 5.73. The lowest BCUT2D eigenvalue weighted by Gasteiger charge is -2.41. The molecule has 1 heterocycles. The molecule has 0 bridgehead atoms. The van der Waals surface area contributed by atoms with Crippen LogP contribution in [-0.4, -0.2) is 24.6 Å². The van der Waals surface area contributed by atoms with E-state index in [1.807, 2.05) is 42.5 Å². The van der Waals surface area contributed by atoms with E-state index in [4.69, 9.17) is 23.2 Å². The number of nitrogens with zero attached hydrogens (tertiary/aromatic N) is 3. The lowest BCUT2D eigenvalue weighted by molar-refractivity contribution is 0.215. The van der Waals surface area contributed by atoms with Gasteiger partial charge in [-0.2, -0.15) is 5.26 Å². The van der Waals surface area contributed by atoms with Gasteiger partial charge in [-0.3, -0.25) is 0 Å². The zero-order valence-electron chi connectivity index (χ0n) is 15.5. The van der Waals surface area contributed by atoms with Gasteiger partial charge in [0.15, 0.2) is 0 Å². The fourth-order valence-electron chi connectivity index (χ4n) is 3.88. The smallest absolute Gasteiger partial charge is 0.0998 e. The highest BCUT2D eigenvalue weighted by Crippen LogP contribution is 2.32. The Bertz CT molecular complexity index is 1040. The van der Waals surface area contributed by atoms with E-state index in [0.717, 1.165) is 48.8 Å². The number of nitriles is 1. The molecule has 0 unspecified atom stereocenters. The zero-order chi connectivity index (χ0) is 19.5. The van der Waals surface area contributed by atoms with Gasteiger partial charge in [-0.1, -0.05) is 53.5 Å². The van der Waals surface area contributed by atoms with Crippen LogP contribution in [0, 0.1) is 11.3 Å². The van der Waals surface area contributed by atoms with Crippen molar-refractivity contribution in [3.05, 3.63) is 75.8 Å². The molecule has 1 saturated heterocycles. The van der Waals surface area contributed by atoms with Crippen LogP contribution < -0.4 is 5.01 Å². The number of fused-ring (bicyclic) bond motifs is 1. The molecule has 0 radical (unpaired) electrons. The summed E-state index contributed by atoms with van der Waals surface area (Å²) in [6.45, 7) is 2.92. The summed E-state index contributed by atoms with van der Waals surface area (Å²) >= 11 is 12.2. The predicted molar refractivity (Wildman–Crippen MR) is 117 cm³/mol. The number of benzene rings is 3. The standard InChI is InChI=1S/C23H21Cl2N3/c24-21-9-7-17(15-22(21)25)11-14-27-12-3-4-13-28(27)23-10-8-18(16-26)19-5-1-2-6-20(19)23/h1-2,5-10,15H,3-4,11-14H2. The number of rotatable bonds is 4. The SMILES string of the molecule is N#Cc1ccc(N2CCCCN2CCc2ccc(Cl)c(Cl)c2)c2ccccc12. The average molecular weight is 410 g/mol.